The number of nitrogens with zero attached hydrogens (tertiary/aromatic N) is 1. The zero-order chi connectivity index (χ0) is 13.8. The van der Waals surface area contributed by atoms with Crippen LogP contribution in [-0.4, -0.2) is 30.1 Å². The zero-order valence-electron chi connectivity index (χ0n) is 9.80. The Morgan fingerprint density at radius 3 is 2.39 bits per heavy atom. The van der Waals surface area contributed by atoms with E-state index in [4.69, 9.17) is 0 Å². The first-order valence-electron chi connectivity index (χ1n) is 5.45. The topological polar surface area (TPSA) is 20.3 Å². The van der Waals surface area contributed by atoms with Gasteiger partial charge >= 0.3 is 6.18 Å². The molecule has 0 aliphatic heterocycles. The van der Waals surface area contributed by atoms with Crippen LogP contribution in [0, 0.1) is 5.82 Å². The number of carbonyl (C=O) groups excluding carboxylic acids is 1. The highest BCUT2D eigenvalue weighted by molar-refractivity contribution is 5.94. The third-order valence-electron chi connectivity index (χ3n) is 2.26. The van der Waals surface area contributed by atoms with E-state index in [2.05, 4.69) is 0 Å². The van der Waals surface area contributed by atoms with Crippen LogP contribution < -0.4 is 0 Å². The van der Waals surface area contributed by atoms with Crippen LogP contribution in [0.15, 0.2) is 24.3 Å². The second kappa shape index (κ2) is 5.84. The predicted molar refractivity (Wildman–Crippen MR) is 58.6 cm³/mol. The Morgan fingerprint density at radius 2 is 1.89 bits per heavy atom. The third kappa shape index (κ3) is 4.01. The zero-order valence-corrected chi connectivity index (χ0v) is 9.80. The molecule has 0 atom stereocenters. The molecule has 100 valence electrons. The second-order valence-electron chi connectivity index (χ2n) is 3.82. The normalized spacial score (nSPS) is 11.4. The molecule has 0 heterocycles. The minimum absolute atomic E-state index is 0.0628. The molecule has 1 aromatic rings. The van der Waals surface area contributed by atoms with Crippen LogP contribution in [0.3, 0.4) is 0 Å². The standard InChI is InChI=1S/C12H13F4NO/c1-2-7-17(8-12(14,15)16)11(18)9-5-3-4-6-10(9)13/h3-6H,2,7-8H2,1H3. The summed E-state index contributed by atoms with van der Waals surface area (Å²) in [6, 6.07) is 5.01. The van der Waals surface area contributed by atoms with Crippen molar-refractivity contribution in [3.63, 3.8) is 0 Å². The van der Waals surface area contributed by atoms with Gasteiger partial charge in [0, 0.05) is 6.54 Å². The minimum Gasteiger partial charge on any atom is -0.329 e. The third-order valence-corrected chi connectivity index (χ3v) is 2.26. The van der Waals surface area contributed by atoms with Crippen molar-refractivity contribution in [2.24, 2.45) is 0 Å². The van der Waals surface area contributed by atoms with Gasteiger partial charge in [-0.05, 0) is 18.6 Å². The number of rotatable bonds is 4. The van der Waals surface area contributed by atoms with Crippen molar-refractivity contribution >= 4 is 5.91 Å². The molecule has 0 saturated heterocycles. The fraction of sp³-hybridized carbons (Fsp3) is 0.417. The highest BCUT2D eigenvalue weighted by atomic mass is 19.4. The molecule has 0 radical (unpaired) electrons. The molecule has 0 spiro atoms. The molecule has 0 saturated carbocycles. The molecule has 0 bridgehead atoms. The smallest absolute Gasteiger partial charge is 0.329 e. The van der Waals surface area contributed by atoms with Crippen molar-refractivity contribution < 1.29 is 22.4 Å². The first-order valence-corrected chi connectivity index (χ1v) is 5.45. The van der Waals surface area contributed by atoms with E-state index in [0.29, 0.717) is 11.3 Å². The van der Waals surface area contributed by atoms with Gasteiger partial charge in [-0.25, -0.2) is 4.39 Å². The van der Waals surface area contributed by atoms with Crippen molar-refractivity contribution in [2.45, 2.75) is 19.5 Å². The van der Waals surface area contributed by atoms with Crippen LogP contribution in [0.2, 0.25) is 0 Å². The van der Waals surface area contributed by atoms with E-state index in [0.717, 1.165) is 6.07 Å². The number of alkyl halides is 3. The second-order valence-corrected chi connectivity index (χ2v) is 3.82. The molecule has 0 N–H and O–H groups in total. The summed E-state index contributed by atoms with van der Waals surface area (Å²) in [6.45, 7) is 0.221. The molecule has 18 heavy (non-hydrogen) atoms. The van der Waals surface area contributed by atoms with E-state index >= 15 is 0 Å². The van der Waals surface area contributed by atoms with E-state index in [9.17, 15) is 22.4 Å². The van der Waals surface area contributed by atoms with Gasteiger partial charge in [0.1, 0.15) is 12.4 Å². The maximum Gasteiger partial charge on any atom is 0.406 e. The summed E-state index contributed by atoms with van der Waals surface area (Å²) in [5.41, 5.74) is -0.338. The number of carbonyl (C=O) groups is 1. The molecule has 2 nitrogen and oxygen atoms in total. The first kappa shape index (κ1) is 14.5. The highest BCUT2D eigenvalue weighted by Gasteiger charge is 2.33. The lowest BCUT2D eigenvalue weighted by Gasteiger charge is -2.23. The monoisotopic (exact) mass is 263 g/mol. The summed E-state index contributed by atoms with van der Waals surface area (Å²) in [5, 5.41) is 0. The van der Waals surface area contributed by atoms with E-state index in [1.807, 2.05) is 0 Å². The summed E-state index contributed by atoms with van der Waals surface area (Å²) in [5.74, 6) is -1.75. The average molecular weight is 263 g/mol. The van der Waals surface area contributed by atoms with Crippen LogP contribution in [0.5, 0.6) is 0 Å². The SMILES string of the molecule is CCCN(CC(F)(F)F)C(=O)c1ccccc1F. The fourth-order valence-corrected chi connectivity index (χ4v) is 1.54. The molecule has 1 amide bonds. The van der Waals surface area contributed by atoms with Crippen molar-refractivity contribution in [2.75, 3.05) is 13.1 Å². The average Bonchev–Trinajstić information content (AvgIpc) is 2.26. The Bertz CT molecular complexity index is 417. The van der Waals surface area contributed by atoms with Crippen LogP contribution >= 0.6 is 0 Å². The van der Waals surface area contributed by atoms with Crippen LogP contribution in [0.25, 0.3) is 0 Å². The lowest BCUT2D eigenvalue weighted by molar-refractivity contribution is -0.140. The lowest BCUT2D eigenvalue weighted by Crippen LogP contribution is -2.39. The molecule has 0 unspecified atom stereocenters. The molecule has 0 aliphatic carbocycles. The Morgan fingerprint density at radius 1 is 1.28 bits per heavy atom. The van der Waals surface area contributed by atoms with Gasteiger partial charge in [-0.1, -0.05) is 19.1 Å². The quantitative estimate of drug-likeness (QED) is 0.764. The molecule has 0 aromatic heterocycles. The van der Waals surface area contributed by atoms with Gasteiger partial charge < -0.3 is 4.90 Å². The van der Waals surface area contributed by atoms with Crippen LogP contribution in [-0.2, 0) is 0 Å². The van der Waals surface area contributed by atoms with Gasteiger partial charge in [-0.2, -0.15) is 13.2 Å². The van der Waals surface area contributed by atoms with Gasteiger partial charge in [0.2, 0.25) is 0 Å². The number of hydrogen-bond acceptors (Lipinski definition) is 1. The van der Waals surface area contributed by atoms with Gasteiger partial charge in [-0.15, -0.1) is 0 Å². The maximum atomic E-state index is 13.3. The van der Waals surface area contributed by atoms with Gasteiger partial charge in [-0.3, -0.25) is 4.79 Å². The summed E-state index contributed by atoms with van der Waals surface area (Å²) >= 11 is 0. The molecule has 0 fully saturated rings. The summed E-state index contributed by atoms with van der Waals surface area (Å²) in [4.78, 5) is 12.4. The Labute approximate surface area is 102 Å². The van der Waals surface area contributed by atoms with Gasteiger partial charge in [0.15, 0.2) is 0 Å². The van der Waals surface area contributed by atoms with E-state index < -0.39 is 24.4 Å². The first-order chi connectivity index (χ1) is 8.35. The predicted octanol–water partition coefficient (Wildman–Crippen LogP) is 3.24. The van der Waals surface area contributed by atoms with Crippen molar-refractivity contribution in [1.82, 2.24) is 4.90 Å². The Kier molecular flexibility index (Phi) is 4.69. The molecule has 1 aromatic carbocycles. The molecule has 1 rings (SSSR count). The molecule has 6 heteroatoms. The van der Waals surface area contributed by atoms with E-state index in [1.54, 1.807) is 6.92 Å². The molecule has 0 aliphatic rings. The van der Waals surface area contributed by atoms with Crippen molar-refractivity contribution in [1.29, 1.82) is 0 Å². The van der Waals surface area contributed by atoms with Crippen molar-refractivity contribution in [3.8, 4) is 0 Å². The number of amides is 1. The minimum atomic E-state index is -4.49. The number of halogens is 4. The summed E-state index contributed by atoms with van der Waals surface area (Å²) in [6.07, 6.45) is -4.12. The van der Waals surface area contributed by atoms with Crippen LogP contribution in [0.4, 0.5) is 17.6 Å². The molecular formula is C12H13F4NO. The van der Waals surface area contributed by atoms with E-state index in [1.165, 1.54) is 18.2 Å². The summed E-state index contributed by atoms with van der Waals surface area (Å²) in [7, 11) is 0. The summed E-state index contributed by atoms with van der Waals surface area (Å²) < 4.78 is 50.3. The largest absolute Gasteiger partial charge is 0.406 e. The Hall–Kier alpha value is -1.59. The number of hydrogen-bond donors (Lipinski definition) is 0. The maximum absolute atomic E-state index is 13.3. The van der Waals surface area contributed by atoms with E-state index in [-0.39, 0.29) is 12.1 Å². The van der Waals surface area contributed by atoms with Crippen molar-refractivity contribution in [3.05, 3.63) is 35.6 Å². The fourth-order valence-electron chi connectivity index (χ4n) is 1.54. The van der Waals surface area contributed by atoms with Gasteiger partial charge in [0.05, 0.1) is 5.56 Å². The number of benzene rings is 1. The lowest BCUT2D eigenvalue weighted by atomic mass is 10.2. The highest BCUT2D eigenvalue weighted by Crippen LogP contribution is 2.19. The van der Waals surface area contributed by atoms with Crippen LogP contribution in [0.1, 0.15) is 23.7 Å². The van der Waals surface area contributed by atoms with Gasteiger partial charge in [0.25, 0.3) is 5.91 Å². The molecular weight excluding hydrogens is 250 g/mol. The Balaban J connectivity index is 2.93.